The molecule has 0 fully saturated rings. The van der Waals surface area contributed by atoms with Crippen LogP contribution in [0.15, 0.2) is 54.6 Å². The largest absolute Gasteiger partial charge is 0.345 e. The number of carbonyl (C=O) groups excluding carboxylic acids is 1. The van der Waals surface area contributed by atoms with Gasteiger partial charge in [0.05, 0.1) is 6.04 Å². The van der Waals surface area contributed by atoms with E-state index in [1.165, 1.54) is 0 Å². The second-order valence-corrected chi connectivity index (χ2v) is 5.92. The first kappa shape index (κ1) is 16.5. The van der Waals surface area contributed by atoms with Crippen molar-refractivity contribution < 1.29 is 10.1 Å². The molecule has 0 aliphatic carbocycles. The summed E-state index contributed by atoms with van der Waals surface area (Å²) in [4.78, 5) is 12.1. The Kier molecular flexibility index (Phi) is 5.99. The monoisotopic (exact) mass is 317 g/mol. The summed E-state index contributed by atoms with van der Waals surface area (Å²) in [5, 5.41) is 5.77. The summed E-state index contributed by atoms with van der Waals surface area (Å²) in [6.07, 6.45) is 0. The molecule has 0 saturated heterocycles. The molecule has 0 radical (unpaired) electrons. The maximum Gasteiger partial charge on any atom is 0.275 e. The SMILES string of the molecule is C[C@H](NC(=O)C[NH2+][C@H](C)c1ccc(Cl)cc1)c1ccccc1. The highest BCUT2D eigenvalue weighted by Gasteiger charge is 2.13. The first-order valence-corrected chi connectivity index (χ1v) is 7.87. The molecule has 0 saturated carbocycles. The molecule has 22 heavy (non-hydrogen) atoms. The predicted molar refractivity (Wildman–Crippen MR) is 89.7 cm³/mol. The number of hydrogen-bond acceptors (Lipinski definition) is 1. The molecular weight excluding hydrogens is 296 g/mol. The minimum atomic E-state index is 0.0212. The van der Waals surface area contributed by atoms with E-state index in [4.69, 9.17) is 11.6 Å². The third kappa shape index (κ3) is 4.86. The molecule has 2 aromatic carbocycles. The van der Waals surface area contributed by atoms with E-state index < -0.39 is 0 Å². The fourth-order valence-corrected chi connectivity index (χ4v) is 2.44. The van der Waals surface area contributed by atoms with E-state index in [1.807, 2.05) is 66.8 Å². The number of hydrogen-bond donors (Lipinski definition) is 2. The number of quaternary nitrogens is 1. The van der Waals surface area contributed by atoms with Crippen molar-refractivity contribution in [3.8, 4) is 0 Å². The Hall–Kier alpha value is -1.84. The topological polar surface area (TPSA) is 45.7 Å². The van der Waals surface area contributed by atoms with Crippen molar-refractivity contribution in [2.24, 2.45) is 0 Å². The highest BCUT2D eigenvalue weighted by molar-refractivity contribution is 6.30. The minimum absolute atomic E-state index is 0.0212. The lowest BCUT2D eigenvalue weighted by atomic mass is 10.1. The van der Waals surface area contributed by atoms with Gasteiger partial charge in [-0.2, -0.15) is 0 Å². The molecule has 1 amide bonds. The van der Waals surface area contributed by atoms with Crippen LogP contribution in [0.25, 0.3) is 0 Å². The zero-order valence-corrected chi connectivity index (χ0v) is 13.7. The van der Waals surface area contributed by atoms with Gasteiger partial charge in [0.1, 0.15) is 6.04 Å². The van der Waals surface area contributed by atoms with Gasteiger partial charge in [-0.25, -0.2) is 0 Å². The Morgan fingerprint density at radius 2 is 1.68 bits per heavy atom. The quantitative estimate of drug-likeness (QED) is 0.845. The minimum Gasteiger partial charge on any atom is -0.345 e. The van der Waals surface area contributed by atoms with Crippen LogP contribution >= 0.6 is 11.6 Å². The van der Waals surface area contributed by atoms with Crippen LogP contribution in [0.5, 0.6) is 0 Å². The van der Waals surface area contributed by atoms with E-state index >= 15 is 0 Å². The van der Waals surface area contributed by atoms with Crippen molar-refractivity contribution in [1.82, 2.24) is 5.32 Å². The van der Waals surface area contributed by atoms with Crippen LogP contribution < -0.4 is 10.6 Å². The average Bonchev–Trinajstić information content (AvgIpc) is 2.54. The van der Waals surface area contributed by atoms with Crippen LogP contribution in [0.2, 0.25) is 5.02 Å². The van der Waals surface area contributed by atoms with Crippen LogP contribution in [-0.2, 0) is 4.79 Å². The third-order valence-corrected chi connectivity index (χ3v) is 3.98. The van der Waals surface area contributed by atoms with Gasteiger partial charge in [-0.1, -0.05) is 54.1 Å². The fraction of sp³-hybridized carbons (Fsp3) is 0.278. The Balaban J connectivity index is 1.81. The van der Waals surface area contributed by atoms with Crippen molar-refractivity contribution in [3.05, 3.63) is 70.7 Å². The third-order valence-electron chi connectivity index (χ3n) is 3.73. The van der Waals surface area contributed by atoms with Gasteiger partial charge in [0.25, 0.3) is 5.91 Å². The van der Waals surface area contributed by atoms with Gasteiger partial charge in [0.15, 0.2) is 6.54 Å². The van der Waals surface area contributed by atoms with Crippen LogP contribution in [0.4, 0.5) is 0 Å². The van der Waals surface area contributed by atoms with Crippen LogP contribution in [0.3, 0.4) is 0 Å². The van der Waals surface area contributed by atoms with E-state index in [0.29, 0.717) is 6.54 Å². The van der Waals surface area contributed by atoms with Crippen LogP contribution in [-0.4, -0.2) is 12.5 Å². The Bertz CT molecular complexity index is 598. The molecule has 0 unspecified atom stereocenters. The number of nitrogens with one attached hydrogen (secondary N) is 1. The van der Waals surface area contributed by atoms with E-state index in [1.54, 1.807) is 0 Å². The second kappa shape index (κ2) is 7.97. The van der Waals surface area contributed by atoms with Crippen LogP contribution in [0.1, 0.15) is 37.1 Å². The van der Waals surface area contributed by atoms with Gasteiger partial charge in [-0.3, -0.25) is 4.79 Å². The summed E-state index contributed by atoms with van der Waals surface area (Å²) >= 11 is 5.89. The molecule has 0 aliphatic rings. The molecule has 116 valence electrons. The molecular formula is C18H22ClN2O+. The molecule has 0 heterocycles. The molecule has 0 aliphatic heterocycles. The van der Waals surface area contributed by atoms with Crippen molar-refractivity contribution in [1.29, 1.82) is 0 Å². The molecule has 0 bridgehead atoms. The van der Waals surface area contributed by atoms with Gasteiger partial charge in [-0.05, 0) is 31.5 Å². The van der Waals surface area contributed by atoms with Gasteiger partial charge >= 0.3 is 0 Å². The summed E-state index contributed by atoms with van der Waals surface area (Å²) in [5.74, 6) is 0.0390. The summed E-state index contributed by atoms with van der Waals surface area (Å²) in [7, 11) is 0. The highest BCUT2D eigenvalue weighted by atomic mass is 35.5. The Morgan fingerprint density at radius 3 is 2.32 bits per heavy atom. The van der Waals surface area contributed by atoms with Crippen molar-refractivity contribution in [3.63, 3.8) is 0 Å². The molecule has 4 heteroatoms. The van der Waals surface area contributed by atoms with E-state index in [0.717, 1.165) is 16.1 Å². The number of benzene rings is 2. The Morgan fingerprint density at radius 1 is 1.05 bits per heavy atom. The summed E-state index contributed by atoms with van der Waals surface area (Å²) < 4.78 is 0. The molecule has 2 atom stereocenters. The lowest BCUT2D eigenvalue weighted by Crippen LogP contribution is -2.87. The smallest absolute Gasteiger partial charge is 0.275 e. The average molecular weight is 318 g/mol. The first-order chi connectivity index (χ1) is 10.6. The van der Waals surface area contributed by atoms with Crippen molar-refractivity contribution in [2.75, 3.05) is 6.54 Å². The zero-order valence-electron chi connectivity index (χ0n) is 12.9. The van der Waals surface area contributed by atoms with E-state index in [-0.39, 0.29) is 18.0 Å². The molecule has 3 N–H and O–H groups in total. The number of carbonyl (C=O) groups is 1. The highest BCUT2D eigenvalue weighted by Crippen LogP contribution is 2.13. The zero-order chi connectivity index (χ0) is 15.9. The maximum absolute atomic E-state index is 12.1. The van der Waals surface area contributed by atoms with Gasteiger partial charge in [0, 0.05) is 10.6 Å². The number of nitrogens with two attached hydrogens (primary N) is 1. The van der Waals surface area contributed by atoms with E-state index in [2.05, 4.69) is 12.2 Å². The summed E-state index contributed by atoms with van der Waals surface area (Å²) in [5.41, 5.74) is 2.27. The Labute approximate surface area is 136 Å². The number of halogens is 1. The number of rotatable bonds is 6. The number of amides is 1. The fourth-order valence-electron chi connectivity index (χ4n) is 2.31. The molecule has 2 aromatic rings. The summed E-state index contributed by atoms with van der Waals surface area (Å²) in [6.45, 7) is 4.48. The summed E-state index contributed by atoms with van der Waals surface area (Å²) in [6, 6.07) is 17.9. The molecule has 0 spiro atoms. The van der Waals surface area contributed by atoms with Gasteiger partial charge < -0.3 is 10.6 Å². The van der Waals surface area contributed by atoms with Crippen molar-refractivity contribution in [2.45, 2.75) is 25.9 Å². The molecule has 0 aromatic heterocycles. The van der Waals surface area contributed by atoms with Crippen LogP contribution in [0, 0.1) is 0 Å². The van der Waals surface area contributed by atoms with Gasteiger partial charge in [-0.15, -0.1) is 0 Å². The van der Waals surface area contributed by atoms with Crippen molar-refractivity contribution >= 4 is 17.5 Å². The normalized spacial score (nSPS) is 13.4. The first-order valence-electron chi connectivity index (χ1n) is 7.49. The second-order valence-electron chi connectivity index (χ2n) is 5.48. The lowest BCUT2D eigenvalue weighted by molar-refractivity contribution is -0.682. The standard InChI is InChI=1S/C18H21ClN2O/c1-13(16-8-10-17(19)11-9-16)20-12-18(22)21-14(2)15-6-4-3-5-7-15/h3-11,13-14,20H,12H2,1-2H3,(H,21,22)/p+1/t13-,14+/m1/s1. The molecule has 2 rings (SSSR count). The molecule has 3 nitrogen and oxygen atoms in total. The van der Waals surface area contributed by atoms with Gasteiger partial charge in [0.2, 0.25) is 0 Å². The van der Waals surface area contributed by atoms with E-state index in [9.17, 15) is 4.79 Å². The predicted octanol–water partition coefficient (Wildman–Crippen LogP) is 2.84. The lowest BCUT2D eigenvalue weighted by Gasteiger charge is -2.15. The maximum atomic E-state index is 12.1.